The molecule has 0 radical (unpaired) electrons. The number of thiazole rings is 1. The van der Waals surface area contributed by atoms with Crippen molar-refractivity contribution in [1.29, 1.82) is 0 Å². The van der Waals surface area contributed by atoms with Crippen LogP contribution >= 0.6 is 23.1 Å². The highest BCUT2D eigenvalue weighted by Crippen LogP contribution is 2.27. The SMILES string of the molecule is CCOc1ccccc1/C=C(/NC(=O)c1ccccc1)C(=O)Nc1cccc(SCC(=O)Nc2nc(-c3ccc(F)cc3)cs2)c1. The first-order valence-corrected chi connectivity index (χ1v) is 16.1. The summed E-state index contributed by atoms with van der Waals surface area (Å²) in [5, 5.41) is 10.6. The third kappa shape index (κ3) is 8.90. The molecule has 8 nitrogen and oxygen atoms in total. The van der Waals surface area contributed by atoms with Gasteiger partial charge in [0.1, 0.15) is 17.3 Å². The van der Waals surface area contributed by atoms with E-state index in [-0.39, 0.29) is 23.2 Å². The number of amides is 3. The van der Waals surface area contributed by atoms with Gasteiger partial charge >= 0.3 is 0 Å². The maximum atomic E-state index is 13.5. The molecular weight excluding hydrogens is 624 g/mol. The van der Waals surface area contributed by atoms with Gasteiger partial charge in [-0.1, -0.05) is 42.5 Å². The van der Waals surface area contributed by atoms with E-state index >= 15 is 0 Å². The van der Waals surface area contributed by atoms with Gasteiger partial charge in [0.2, 0.25) is 5.91 Å². The zero-order valence-corrected chi connectivity index (χ0v) is 26.3. The van der Waals surface area contributed by atoms with Crippen molar-refractivity contribution >= 4 is 57.7 Å². The summed E-state index contributed by atoms with van der Waals surface area (Å²) in [6.07, 6.45) is 1.57. The maximum absolute atomic E-state index is 13.5. The topological polar surface area (TPSA) is 109 Å². The van der Waals surface area contributed by atoms with Gasteiger partial charge in [0.15, 0.2) is 5.13 Å². The normalized spacial score (nSPS) is 11.0. The number of anilines is 2. The van der Waals surface area contributed by atoms with Crippen LogP contribution in [0.5, 0.6) is 5.75 Å². The summed E-state index contributed by atoms with van der Waals surface area (Å²) in [4.78, 5) is 44.4. The van der Waals surface area contributed by atoms with Crippen LogP contribution < -0.4 is 20.7 Å². The largest absolute Gasteiger partial charge is 0.493 e. The van der Waals surface area contributed by atoms with Crippen LogP contribution in [0, 0.1) is 5.82 Å². The molecule has 0 saturated heterocycles. The lowest BCUT2D eigenvalue weighted by Gasteiger charge is -2.13. The highest BCUT2D eigenvalue weighted by atomic mass is 32.2. The van der Waals surface area contributed by atoms with E-state index < -0.39 is 11.8 Å². The minimum Gasteiger partial charge on any atom is -0.493 e. The lowest BCUT2D eigenvalue weighted by atomic mass is 10.1. The first-order valence-electron chi connectivity index (χ1n) is 14.2. The summed E-state index contributed by atoms with van der Waals surface area (Å²) in [6, 6.07) is 28.9. The van der Waals surface area contributed by atoms with E-state index in [4.69, 9.17) is 4.74 Å². The number of hydrogen-bond donors (Lipinski definition) is 3. The fraction of sp³-hybridized carbons (Fsp3) is 0.0857. The van der Waals surface area contributed by atoms with Crippen LogP contribution in [0.15, 0.2) is 119 Å². The van der Waals surface area contributed by atoms with Crippen molar-refractivity contribution in [2.45, 2.75) is 11.8 Å². The number of para-hydroxylation sites is 1. The second-order valence-corrected chi connectivity index (χ2v) is 11.6. The van der Waals surface area contributed by atoms with Crippen molar-refractivity contribution in [2.24, 2.45) is 0 Å². The van der Waals surface area contributed by atoms with E-state index in [1.165, 1.54) is 35.2 Å². The predicted octanol–water partition coefficient (Wildman–Crippen LogP) is 7.49. The zero-order chi connectivity index (χ0) is 32.3. The fourth-order valence-electron chi connectivity index (χ4n) is 4.24. The van der Waals surface area contributed by atoms with Crippen LogP contribution in [0.2, 0.25) is 0 Å². The number of hydrogen-bond acceptors (Lipinski definition) is 7. The molecule has 1 aromatic heterocycles. The van der Waals surface area contributed by atoms with Crippen LogP contribution in [0.3, 0.4) is 0 Å². The van der Waals surface area contributed by atoms with E-state index in [2.05, 4.69) is 20.9 Å². The van der Waals surface area contributed by atoms with Crippen molar-refractivity contribution in [2.75, 3.05) is 23.0 Å². The van der Waals surface area contributed by atoms with E-state index in [9.17, 15) is 18.8 Å². The molecule has 0 bridgehead atoms. The minimum atomic E-state index is -0.531. The molecule has 4 aromatic carbocycles. The Morgan fingerprint density at radius 2 is 1.67 bits per heavy atom. The van der Waals surface area contributed by atoms with Gasteiger partial charge in [-0.2, -0.15) is 0 Å². The van der Waals surface area contributed by atoms with Crippen LogP contribution in [-0.4, -0.2) is 35.1 Å². The van der Waals surface area contributed by atoms with Gasteiger partial charge in [-0.3, -0.25) is 14.4 Å². The molecule has 3 N–H and O–H groups in total. The van der Waals surface area contributed by atoms with E-state index in [0.717, 1.165) is 10.5 Å². The number of nitrogens with zero attached hydrogens (tertiary/aromatic N) is 1. The van der Waals surface area contributed by atoms with Crippen LogP contribution in [-0.2, 0) is 9.59 Å². The average Bonchev–Trinajstić information content (AvgIpc) is 3.53. The van der Waals surface area contributed by atoms with Crippen molar-refractivity contribution in [3.8, 4) is 17.0 Å². The molecule has 0 unspecified atom stereocenters. The Kier molecular flexibility index (Phi) is 10.9. The summed E-state index contributed by atoms with van der Waals surface area (Å²) < 4.78 is 18.9. The second kappa shape index (κ2) is 15.6. The number of rotatable bonds is 12. The predicted molar refractivity (Wildman–Crippen MR) is 181 cm³/mol. The van der Waals surface area contributed by atoms with Crippen LogP contribution in [0.1, 0.15) is 22.8 Å². The molecular formula is C35H29FN4O4S2. The molecule has 0 spiro atoms. The van der Waals surface area contributed by atoms with Gasteiger partial charge < -0.3 is 20.7 Å². The van der Waals surface area contributed by atoms with E-state index in [0.29, 0.717) is 40.0 Å². The molecule has 0 fully saturated rings. The molecule has 46 heavy (non-hydrogen) atoms. The van der Waals surface area contributed by atoms with Gasteiger partial charge in [0, 0.05) is 32.7 Å². The number of carbonyl (C=O) groups excluding carboxylic acids is 3. The van der Waals surface area contributed by atoms with Crippen molar-refractivity contribution in [1.82, 2.24) is 10.3 Å². The second-order valence-electron chi connectivity index (χ2n) is 9.71. The Labute approximate surface area is 273 Å². The zero-order valence-electron chi connectivity index (χ0n) is 24.7. The highest BCUT2D eigenvalue weighted by molar-refractivity contribution is 8.00. The van der Waals surface area contributed by atoms with Crippen LogP contribution in [0.25, 0.3) is 17.3 Å². The third-order valence-electron chi connectivity index (χ3n) is 6.40. The van der Waals surface area contributed by atoms with E-state index in [1.807, 2.05) is 25.1 Å². The summed E-state index contributed by atoms with van der Waals surface area (Å²) in [5.74, 6) is -0.864. The summed E-state index contributed by atoms with van der Waals surface area (Å²) in [7, 11) is 0. The Morgan fingerprint density at radius 1 is 0.913 bits per heavy atom. The fourth-order valence-corrected chi connectivity index (χ4v) is 5.73. The number of nitrogens with one attached hydrogen (secondary N) is 3. The lowest BCUT2D eigenvalue weighted by Crippen LogP contribution is -2.30. The molecule has 1 heterocycles. The number of thioether (sulfide) groups is 1. The first-order chi connectivity index (χ1) is 22.4. The standard InChI is InChI=1S/C35H29FN4O4S2/c1-2-44-31-14-7-6-11-25(31)19-29(38-33(42)24-9-4-3-5-10-24)34(43)37-27-12-8-13-28(20-27)45-22-32(41)40-35-39-30(21-46-35)23-15-17-26(36)18-16-23/h3-21H,2,22H2,1H3,(H,37,43)(H,38,42)(H,39,40,41)/b29-19+. The Morgan fingerprint density at radius 3 is 2.46 bits per heavy atom. The third-order valence-corrected chi connectivity index (χ3v) is 8.15. The van der Waals surface area contributed by atoms with Crippen molar-refractivity contribution in [3.05, 3.63) is 131 Å². The molecule has 0 aliphatic rings. The summed E-state index contributed by atoms with van der Waals surface area (Å²) >= 11 is 2.57. The summed E-state index contributed by atoms with van der Waals surface area (Å²) in [5.41, 5.74) is 2.94. The molecule has 0 aliphatic heterocycles. The minimum absolute atomic E-state index is 0.0295. The summed E-state index contributed by atoms with van der Waals surface area (Å²) in [6.45, 7) is 2.30. The van der Waals surface area contributed by atoms with E-state index in [1.54, 1.807) is 84.3 Å². The number of aromatic nitrogens is 1. The molecule has 0 aliphatic carbocycles. The first kappa shape index (κ1) is 32.1. The lowest BCUT2D eigenvalue weighted by molar-refractivity contribution is -0.114. The number of benzene rings is 4. The Hall–Kier alpha value is -5.26. The van der Waals surface area contributed by atoms with Crippen molar-refractivity contribution < 1.29 is 23.5 Å². The number of ether oxygens (including phenoxy) is 1. The smallest absolute Gasteiger partial charge is 0.272 e. The Balaban J connectivity index is 1.25. The molecule has 5 rings (SSSR count). The molecule has 5 aromatic rings. The monoisotopic (exact) mass is 652 g/mol. The van der Waals surface area contributed by atoms with Crippen LogP contribution in [0.4, 0.5) is 15.2 Å². The Bertz CT molecular complexity index is 1860. The van der Waals surface area contributed by atoms with Gasteiger partial charge in [-0.15, -0.1) is 23.1 Å². The molecule has 3 amide bonds. The van der Waals surface area contributed by atoms with Gasteiger partial charge in [-0.05, 0) is 73.7 Å². The average molecular weight is 653 g/mol. The quantitative estimate of drug-likeness (QED) is 0.0952. The molecule has 11 heteroatoms. The van der Waals surface area contributed by atoms with Gasteiger partial charge in [0.25, 0.3) is 11.8 Å². The molecule has 232 valence electrons. The molecule has 0 atom stereocenters. The molecule has 0 saturated carbocycles. The van der Waals surface area contributed by atoms with Gasteiger partial charge in [-0.25, -0.2) is 9.37 Å². The number of carbonyl (C=O) groups is 3. The van der Waals surface area contributed by atoms with Crippen molar-refractivity contribution in [3.63, 3.8) is 0 Å². The van der Waals surface area contributed by atoms with Gasteiger partial charge in [0.05, 0.1) is 18.1 Å². The maximum Gasteiger partial charge on any atom is 0.272 e. The number of halogens is 1. The highest BCUT2D eigenvalue weighted by Gasteiger charge is 2.17.